The number of hydrogen-bond donors (Lipinski definition) is 6. The van der Waals surface area contributed by atoms with Gasteiger partial charge in [0.05, 0.1) is 25.4 Å². The number of unbranched alkanes of at least 4 members (excludes halogenated alkanes) is 36. The molecule has 0 bridgehead atoms. The van der Waals surface area contributed by atoms with Crippen molar-refractivity contribution in [2.75, 3.05) is 13.2 Å². The third-order valence-electron chi connectivity index (χ3n) is 15.3. The zero-order valence-electron chi connectivity index (χ0n) is 50.0. The van der Waals surface area contributed by atoms with Crippen LogP contribution in [0.4, 0.5) is 0 Å². The summed E-state index contributed by atoms with van der Waals surface area (Å²) in [4.78, 5) is 13.1. The van der Waals surface area contributed by atoms with Crippen molar-refractivity contribution in [2.24, 2.45) is 0 Å². The summed E-state index contributed by atoms with van der Waals surface area (Å²) >= 11 is 0. The second-order valence-corrected chi connectivity index (χ2v) is 22.5. The SMILES string of the molecule is CC/C=C\C/C=C\C/C=C\C/C=C\CCCCCCCCCCCCCCCCCCCCCCCCCCCCCCC(=O)NC(COC1OC(CO)C(O)C(O)C1O)C(O)/C=C/CC/C=C/CCCCCCCCC. The Balaban J connectivity index is 2.02. The Hall–Kier alpha value is -2.37. The topological polar surface area (TPSA) is 149 Å². The summed E-state index contributed by atoms with van der Waals surface area (Å²) in [5, 5.41) is 54.4. The maximum atomic E-state index is 13.1. The lowest BCUT2D eigenvalue weighted by molar-refractivity contribution is -0.302. The van der Waals surface area contributed by atoms with Crippen molar-refractivity contribution in [2.45, 2.75) is 339 Å². The summed E-state index contributed by atoms with van der Waals surface area (Å²) in [5.74, 6) is -0.184. The highest BCUT2D eigenvalue weighted by Gasteiger charge is 2.44. The van der Waals surface area contributed by atoms with Gasteiger partial charge >= 0.3 is 0 Å². The number of amides is 1. The second-order valence-electron chi connectivity index (χ2n) is 22.5. The van der Waals surface area contributed by atoms with E-state index in [0.717, 1.165) is 64.2 Å². The number of rotatable bonds is 56. The molecule has 1 aliphatic heterocycles. The van der Waals surface area contributed by atoms with Gasteiger partial charge in [-0.15, -0.1) is 0 Å². The number of carbonyl (C=O) groups excluding carboxylic acids is 1. The lowest BCUT2D eigenvalue weighted by Crippen LogP contribution is -2.60. The summed E-state index contributed by atoms with van der Waals surface area (Å²) in [7, 11) is 0. The molecular weight excluding hydrogens is 959 g/mol. The van der Waals surface area contributed by atoms with Gasteiger partial charge in [-0.2, -0.15) is 0 Å². The van der Waals surface area contributed by atoms with Gasteiger partial charge in [0.25, 0.3) is 0 Å². The van der Waals surface area contributed by atoms with Crippen molar-refractivity contribution < 1.29 is 39.8 Å². The molecule has 1 saturated heterocycles. The van der Waals surface area contributed by atoms with Crippen LogP contribution in [-0.2, 0) is 14.3 Å². The zero-order chi connectivity index (χ0) is 55.8. The first-order chi connectivity index (χ1) is 37.8. The van der Waals surface area contributed by atoms with Crippen LogP contribution in [0.5, 0.6) is 0 Å². The summed E-state index contributed by atoms with van der Waals surface area (Å²) in [6.45, 7) is 3.65. The molecule has 448 valence electrons. The van der Waals surface area contributed by atoms with E-state index in [1.165, 1.54) is 212 Å². The van der Waals surface area contributed by atoms with E-state index < -0.39 is 49.5 Å². The lowest BCUT2D eigenvalue weighted by atomic mass is 9.99. The molecule has 1 heterocycles. The van der Waals surface area contributed by atoms with Crippen molar-refractivity contribution in [3.63, 3.8) is 0 Å². The Morgan fingerprint density at radius 2 is 0.818 bits per heavy atom. The molecule has 0 saturated carbocycles. The molecule has 0 radical (unpaired) electrons. The van der Waals surface area contributed by atoms with Crippen LogP contribution >= 0.6 is 0 Å². The minimum atomic E-state index is -1.57. The number of hydrogen-bond acceptors (Lipinski definition) is 8. The molecule has 0 aromatic rings. The lowest BCUT2D eigenvalue weighted by Gasteiger charge is -2.40. The smallest absolute Gasteiger partial charge is 0.220 e. The summed E-state index contributed by atoms with van der Waals surface area (Å²) in [6, 6.07) is -0.821. The zero-order valence-corrected chi connectivity index (χ0v) is 50.0. The van der Waals surface area contributed by atoms with Gasteiger partial charge < -0.3 is 40.3 Å². The average Bonchev–Trinajstić information content (AvgIpc) is 3.43. The molecule has 7 unspecified atom stereocenters. The van der Waals surface area contributed by atoms with E-state index >= 15 is 0 Å². The number of carbonyl (C=O) groups is 1. The molecule has 1 fully saturated rings. The first-order valence-corrected chi connectivity index (χ1v) is 32.7. The fraction of sp³-hybridized carbons (Fsp3) is 0.809. The fourth-order valence-corrected chi connectivity index (χ4v) is 10.2. The number of allylic oxidation sites excluding steroid dienone is 11. The molecular formula is C68H123NO8. The molecule has 7 atom stereocenters. The van der Waals surface area contributed by atoms with Crippen LogP contribution in [0.25, 0.3) is 0 Å². The van der Waals surface area contributed by atoms with E-state index in [-0.39, 0.29) is 12.5 Å². The highest BCUT2D eigenvalue weighted by Crippen LogP contribution is 2.23. The molecule has 0 aromatic carbocycles. The van der Waals surface area contributed by atoms with Gasteiger partial charge in [0, 0.05) is 6.42 Å². The molecule has 77 heavy (non-hydrogen) atoms. The van der Waals surface area contributed by atoms with Crippen LogP contribution < -0.4 is 5.32 Å². The summed E-state index contributed by atoms with van der Waals surface area (Å²) in [5.41, 5.74) is 0. The van der Waals surface area contributed by atoms with Gasteiger partial charge in [0.2, 0.25) is 5.91 Å². The van der Waals surface area contributed by atoms with E-state index in [1.807, 2.05) is 6.08 Å². The largest absolute Gasteiger partial charge is 0.394 e. The quantitative estimate of drug-likeness (QED) is 0.0261. The molecule has 6 N–H and O–H groups in total. The maximum absolute atomic E-state index is 13.1. The molecule has 0 spiro atoms. The van der Waals surface area contributed by atoms with E-state index in [4.69, 9.17) is 9.47 Å². The van der Waals surface area contributed by atoms with E-state index in [1.54, 1.807) is 6.08 Å². The van der Waals surface area contributed by atoms with E-state index in [0.29, 0.717) is 6.42 Å². The van der Waals surface area contributed by atoms with Crippen molar-refractivity contribution in [1.29, 1.82) is 0 Å². The Morgan fingerprint density at radius 1 is 0.455 bits per heavy atom. The Morgan fingerprint density at radius 3 is 1.25 bits per heavy atom. The minimum Gasteiger partial charge on any atom is -0.394 e. The number of nitrogens with one attached hydrogen (secondary N) is 1. The molecule has 1 rings (SSSR count). The van der Waals surface area contributed by atoms with Crippen molar-refractivity contribution in [3.8, 4) is 0 Å². The Kier molecular flexibility index (Phi) is 53.7. The van der Waals surface area contributed by atoms with Crippen LogP contribution in [0.3, 0.4) is 0 Å². The van der Waals surface area contributed by atoms with Crippen molar-refractivity contribution in [1.82, 2.24) is 5.32 Å². The third kappa shape index (κ3) is 46.0. The standard InChI is InChI=1S/C68H123NO8/c1-3-5-7-9-11-13-15-17-18-19-20-21-22-23-24-25-26-27-28-29-30-31-32-33-34-35-36-37-38-39-40-41-42-43-44-46-48-50-52-54-56-58-64(72)69-61(60-76-68-67(75)66(74)65(73)63(59-70)77-68)62(71)57-55-53-51-49-47-45-16-14-12-10-8-6-4-2/h5,7,11,13,17-18,20-21,47,49,55,57,61-63,65-68,70-71,73-75H,3-4,6,8-10,12,14-16,19,22-46,48,50-54,56,58-60H2,1-2H3,(H,69,72)/b7-5-,13-11-,18-17-,21-20-,49-47+,57-55+. The predicted octanol–water partition coefficient (Wildman–Crippen LogP) is 17.2. The highest BCUT2D eigenvalue weighted by atomic mass is 16.7. The highest BCUT2D eigenvalue weighted by molar-refractivity contribution is 5.76. The molecule has 0 aliphatic carbocycles. The molecule has 9 nitrogen and oxygen atoms in total. The van der Waals surface area contributed by atoms with Crippen LogP contribution in [0.15, 0.2) is 72.9 Å². The van der Waals surface area contributed by atoms with Gasteiger partial charge in [-0.05, 0) is 70.6 Å². The van der Waals surface area contributed by atoms with E-state index in [2.05, 4.69) is 79.9 Å². The predicted molar refractivity (Wildman–Crippen MR) is 327 cm³/mol. The van der Waals surface area contributed by atoms with Crippen molar-refractivity contribution in [3.05, 3.63) is 72.9 Å². The van der Waals surface area contributed by atoms with Crippen LogP contribution in [-0.4, -0.2) is 87.5 Å². The monoisotopic (exact) mass is 1080 g/mol. The molecule has 9 heteroatoms. The average molecular weight is 1080 g/mol. The molecule has 1 aliphatic rings. The first kappa shape index (κ1) is 72.6. The van der Waals surface area contributed by atoms with Crippen LogP contribution in [0.2, 0.25) is 0 Å². The minimum absolute atomic E-state index is 0.184. The van der Waals surface area contributed by atoms with Crippen LogP contribution in [0, 0.1) is 0 Å². The van der Waals surface area contributed by atoms with Gasteiger partial charge in [0.1, 0.15) is 24.4 Å². The number of ether oxygens (including phenoxy) is 2. The maximum Gasteiger partial charge on any atom is 0.220 e. The van der Waals surface area contributed by atoms with Crippen LogP contribution in [0.1, 0.15) is 296 Å². The second kappa shape index (κ2) is 56.9. The fourth-order valence-electron chi connectivity index (χ4n) is 10.2. The first-order valence-electron chi connectivity index (χ1n) is 32.7. The number of aliphatic hydroxyl groups is 5. The number of aliphatic hydroxyl groups excluding tert-OH is 5. The van der Waals surface area contributed by atoms with Crippen molar-refractivity contribution >= 4 is 5.91 Å². The normalized spacial score (nSPS) is 19.2. The third-order valence-corrected chi connectivity index (χ3v) is 15.3. The molecule has 0 aromatic heterocycles. The Bertz CT molecular complexity index is 1440. The van der Waals surface area contributed by atoms with E-state index in [9.17, 15) is 30.3 Å². The Labute approximate surface area is 474 Å². The van der Waals surface area contributed by atoms with Gasteiger partial charge in [0.15, 0.2) is 6.29 Å². The molecule has 1 amide bonds. The van der Waals surface area contributed by atoms with Gasteiger partial charge in [-0.3, -0.25) is 4.79 Å². The van der Waals surface area contributed by atoms with Gasteiger partial charge in [-0.25, -0.2) is 0 Å². The summed E-state index contributed by atoms with van der Waals surface area (Å²) in [6.07, 6.45) is 73.1. The van der Waals surface area contributed by atoms with Gasteiger partial charge in [-0.1, -0.05) is 292 Å². The summed E-state index contributed by atoms with van der Waals surface area (Å²) < 4.78 is 11.2.